The zero-order valence-electron chi connectivity index (χ0n) is 15.6. The molecule has 1 amide bonds. The molecule has 3 rings (SSSR count). The fourth-order valence-corrected chi connectivity index (χ4v) is 4.93. The maximum absolute atomic E-state index is 12.5. The molecular formula is C20H24N2O3S2. The Morgan fingerprint density at radius 2 is 1.74 bits per heavy atom. The van der Waals surface area contributed by atoms with Crippen molar-refractivity contribution in [1.29, 1.82) is 0 Å². The minimum atomic E-state index is -3.22. The Labute approximate surface area is 164 Å². The van der Waals surface area contributed by atoms with Gasteiger partial charge in [0.15, 0.2) is 9.84 Å². The third kappa shape index (κ3) is 5.05. The number of amides is 1. The van der Waals surface area contributed by atoms with Crippen LogP contribution in [0.5, 0.6) is 0 Å². The lowest BCUT2D eigenvalue weighted by molar-refractivity contribution is 0.0959. The SMILES string of the molecule is C/C(=N/NC(=O)c1cc2c(s1)CCCCCC2)c1ccc(S(C)(=O)=O)cc1. The van der Waals surface area contributed by atoms with Crippen LogP contribution in [0.1, 0.15) is 58.3 Å². The second-order valence-corrected chi connectivity index (χ2v) is 10.1. The molecule has 0 bridgehead atoms. The standard InChI is InChI=1S/C20H24N2O3S2/c1-14(15-9-11-17(12-10-15)27(2,24)25)21-22-20(23)19-13-16-7-5-3-4-6-8-18(16)26-19/h9-13H,3-8H2,1-2H3,(H,22,23)/b21-14-. The van der Waals surface area contributed by atoms with E-state index >= 15 is 0 Å². The monoisotopic (exact) mass is 404 g/mol. The minimum absolute atomic E-state index is 0.196. The highest BCUT2D eigenvalue weighted by atomic mass is 32.2. The van der Waals surface area contributed by atoms with Gasteiger partial charge in [0.05, 0.1) is 15.5 Å². The quantitative estimate of drug-likeness (QED) is 0.619. The number of carbonyl (C=O) groups excluding carboxylic acids is 1. The lowest BCUT2D eigenvalue weighted by Crippen LogP contribution is -2.18. The average Bonchev–Trinajstić information content (AvgIpc) is 3.01. The number of hydrogen-bond acceptors (Lipinski definition) is 5. The molecule has 0 fully saturated rings. The number of benzene rings is 1. The van der Waals surface area contributed by atoms with Crippen LogP contribution in [0.2, 0.25) is 0 Å². The Kier molecular flexibility index (Phi) is 6.11. The fourth-order valence-electron chi connectivity index (χ4n) is 3.15. The van der Waals surface area contributed by atoms with E-state index in [0.29, 0.717) is 10.6 Å². The van der Waals surface area contributed by atoms with Crippen molar-refractivity contribution >= 4 is 32.8 Å². The molecule has 144 valence electrons. The highest BCUT2D eigenvalue weighted by Gasteiger charge is 2.16. The molecule has 27 heavy (non-hydrogen) atoms. The van der Waals surface area contributed by atoms with Gasteiger partial charge in [-0.1, -0.05) is 25.0 Å². The first-order chi connectivity index (χ1) is 12.8. The highest BCUT2D eigenvalue weighted by molar-refractivity contribution is 7.90. The Morgan fingerprint density at radius 1 is 1.07 bits per heavy atom. The minimum Gasteiger partial charge on any atom is -0.266 e. The smallest absolute Gasteiger partial charge is 0.266 e. The van der Waals surface area contributed by atoms with E-state index in [1.54, 1.807) is 42.5 Å². The van der Waals surface area contributed by atoms with Gasteiger partial charge in [-0.2, -0.15) is 5.10 Å². The van der Waals surface area contributed by atoms with Crippen LogP contribution in [0, 0.1) is 0 Å². The Balaban J connectivity index is 1.69. The number of hydrazone groups is 1. The number of thiophene rings is 1. The number of aryl methyl sites for hydroxylation is 2. The topological polar surface area (TPSA) is 75.6 Å². The van der Waals surface area contributed by atoms with Crippen molar-refractivity contribution < 1.29 is 13.2 Å². The molecule has 5 nitrogen and oxygen atoms in total. The van der Waals surface area contributed by atoms with Crippen LogP contribution in [0.25, 0.3) is 0 Å². The van der Waals surface area contributed by atoms with E-state index in [4.69, 9.17) is 0 Å². The molecule has 1 aliphatic rings. The van der Waals surface area contributed by atoms with Crippen LogP contribution < -0.4 is 5.43 Å². The molecule has 7 heteroatoms. The predicted octanol–water partition coefficient (Wildman–Crippen LogP) is 3.96. The molecule has 0 saturated heterocycles. The molecule has 1 aromatic heterocycles. The summed E-state index contributed by atoms with van der Waals surface area (Å²) in [5.74, 6) is -0.196. The lowest BCUT2D eigenvalue weighted by Gasteiger charge is -2.07. The average molecular weight is 405 g/mol. The maximum Gasteiger partial charge on any atom is 0.281 e. The van der Waals surface area contributed by atoms with Gasteiger partial charge in [0.25, 0.3) is 5.91 Å². The van der Waals surface area contributed by atoms with Crippen LogP contribution >= 0.6 is 11.3 Å². The van der Waals surface area contributed by atoms with Gasteiger partial charge in [0.1, 0.15) is 0 Å². The van der Waals surface area contributed by atoms with Crippen molar-refractivity contribution in [2.24, 2.45) is 5.10 Å². The summed E-state index contributed by atoms with van der Waals surface area (Å²) in [7, 11) is -3.22. The van der Waals surface area contributed by atoms with E-state index in [0.717, 1.165) is 18.4 Å². The van der Waals surface area contributed by atoms with Crippen molar-refractivity contribution in [3.05, 3.63) is 51.2 Å². The molecule has 0 atom stereocenters. The molecule has 0 radical (unpaired) electrons. The molecule has 1 N–H and O–H groups in total. The third-order valence-electron chi connectivity index (χ3n) is 4.75. The number of nitrogens with zero attached hydrogens (tertiary/aromatic N) is 1. The van der Waals surface area contributed by atoms with Crippen LogP contribution in [-0.4, -0.2) is 26.3 Å². The summed E-state index contributed by atoms with van der Waals surface area (Å²) in [6.45, 7) is 1.78. The molecule has 0 saturated carbocycles. The van der Waals surface area contributed by atoms with Crippen molar-refractivity contribution in [2.45, 2.75) is 50.3 Å². The van der Waals surface area contributed by atoms with Gasteiger partial charge >= 0.3 is 0 Å². The van der Waals surface area contributed by atoms with E-state index in [1.807, 2.05) is 6.07 Å². The summed E-state index contributed by atoms with van der Waals surface area (Å²) in [6.07, 6.45) is 8.18. The largest absolute Gasteiger partial charge is 0.281 e. The molecule has 2 aromatic rings. The number of fused-ring (bicyclic) bond motifs is 1. The Hall–Kier alpha value is -1.99. The van der Waals surface area contributed by atoms with Crippen LogP contribution in [0.3, 0.4) is 0 Å². The van der Waals surface area contributed by atoms with E-state index in [-0.39, 0.29) is 10.8 Å². The highest BCUT2D eigenvalue weighted by Crippen LogP contribution is 2.28. The molecule has 1 aromatic carbocycles. The lowest BCUT2D eigenvalue weighted by atomic mass is 10.00. The maximum atomic E-state index is 12.5. The van der Waals surface area contributed by atoms with Crippen molar-refractivity contribution in [3.8, 4) is 0 Å². The molecule has 1 aliphatic carbocycles. The van der Waals surface area contributed by atoms with Gasteiger partial charge in [-0.25, -0.2) is 13.8 Å². The first-order valence-corrected chi connectivity index (χ1v) is 11.8. The summed E-state index contributed by atoms with van der Waals surface area (Å²) in [6, 6.07) is 8.48. The summed E-state index contributed by atoms with van der Waals surface area (Å²) < 4.78 is 23.1. The summed E-state index contributed by atoms with van der Waals surface area (Å²) in [5.41, 5.74) is 5.32. The summed E-state index contributed by atoms with van der Waals surface area (Å²) >= 11 is 1.57. The second-order valence-electron chi connectivity index (χ2n) is 6.91. The number of carbonyl (C=O) groups is 1. The van der Waals surface area contributed by atoms with E-state index in [9.17, 15) is 13.2 Å². The second kappa shape index (κ2) is 8.35. The Bertz CT molecular complexity index is 932. The molecule has 0 spiro atoms. The van der Waals surface area contributed by atoms with Gasteiger partial charge in [0.2, 0.25) is 0 Å². The van der Waals surface area contributed by atoms with Crippen molar-refractivity contribution in [1.82, 2.24) is 5.43 Å². The van der Waals surface area contributed by atoms with Gasteiger partial charge < -0.3 is 0 Å². The molecule has 0 unspecified atom stereocenters. The summed E-state index contributed by atoms with van der Waals surface area (Å²) in [4.78, 5) is 14.8. The van der Waals surface area contributed by atoms with E-state index in [1.165, 1.54) is 42.4 Å². The zero-order chi connectivity index (χ0) is 19.4. The molecule has 1 heterocycles. The molecule has 0 aliphatic heterocycles. The number of rotatable bonds is 4. The van der Waals surface area contributed by atoms with Crippen LogP contribution in [0.4, 0.5) is 0 Å². The van der Waals surface area contributed by atoms with Gasteiger partial charge in [-0.3, -0.25) is 4.79 Å². The normalized spacial score (nSPS) is 15.6. The van der Waals surface area contributed by atoms with Crippen molar-refractivity contribution in [2.75, 3.05) is 6.26 Å². The van der Waals surface area contributed by atoms with Crippen LogP contribution in [-0.2, 0) is 22.7 Å². The van der Waals surface area contributed by atoms with Gasteiger partial charge in [-0.05, 0) is 61.9 Å². The third-order valence-corrected chi connectivity index (χ3v) is 7.11. The number of hydrogen-bond donors (Lipinski definition) is 1. The van der Waals surface area contributed by atoms with Gasteiger partial charge in [-0.15, -0.1) is 11.3 Å². The van der Waals surface area contributed by atoms with Gasteiger partial charge in [0, 0.05) is 11.1 Å². The molecular weight excluding hydrogens is 380 g/mol. The van der Waals surface area contributed by atoms with Crippen molar-refractivity contribution in [3.63, 3.8) is 0 Å². The summed E-state index contributed by atoms with van der Waals surface area (Å²) in [5, 5.41) is 4.18. The fraction of sp³-hybridized carbons (Fsp3) is 0.400. The van der Waals surface area contributed by atoms with Crippen LogP contribution in [0.15, 0.2) is 40.3 Å². The predicted molar refractivity (Wildman–Crippen MR) is 109 cm³/mol. The first-order valence-electron chi connectivity index (χ1n) is 9.11. The zero-order valence-corrected chi connectivity index (χ0v) is 17.3. The first kappa shape index (κ1) is 19.8. The Morgan fingerprint density at radius 3 is 2.41 bits per heavy atom. The number of nitrogens with one attached hydrogen (secondary N) is 1. The van der Waals surface area contributed by atoms with E-state index in [2.05, 4.69) is 10.5 Å². The van der Waals surface area contributed by atoms with E-state index < -0.39 is 9.84 Å². The number of sulfone groups is 1.